The first-order valence-electron chi connectivity index (χ1n) is 20.6. The van der Waals surface area contributed by atoms with Gasteiger partial charge in [0.05, 0.1) is 73.4 Å². The van der Waals surface area contributed by atoms with Crippen molar-refractivity contribution in [1.29, 1.82) is 0 Å². The fraction of sp³-hybridized carbons (Fsp3) is 0.395. The summed E-state index contributed by atoms with van der Waals surface area (Å²) in [5, 5.41) is 16.5. The highest BCUT2D eigenvalue weighted by Crippen LogP contribution is 2.32. The molecule has 18 nitrogen and oxygen atoms in total. The number of imidazole rings is 1. The van der Waals surface area contributed by atoms with Crippen molar-refractivity contribution in [2.75, 3.05) is 56.7 Å². The van der Waals surface area contributed by atoms with Gasteiger partial charge in [-0.3, -0.25) is 48.6 Å². The Kier molecular flexibility index (Phi) is 12.4. The number of anilines is 2. The molecule has 5 aromatic rings. The Morgan fingerprint density at radius 2 is 1.79 bits per heavy atom. The summed E-state index contributed by atoms with van der Waals surface area (Å²) >= 11 is 0. The molecule has 0 saturated carbocycles. The molecular formula is C43H48N10O8. The summed E-state index contributed by atoms with van der Waals surface area (Å²) in [7, 11) is 0. The first-order valence-corrected chi connectivity index (χ1v) is 20.6. The molecule has 3 aliphatic heterocycles. The molecule has 6 amide bonds. The van der Waals surface area contributed by atoms with E-state index in [1.165, 1.54) is 18.9 Å². The first kappa shape index (κ1) is 41.2. The highest BCUT2D eigenvalue weighted by atomic mass is 16.5. The Balaban J connectivity index is 0.705. The van der Waals surface area contributed by atoms with E-state index in [0.717, 1.165) is 45.8 Å². The molecule has 318 valence electrons. The molecule has 2 atom stereocenters. The van der Waals surface area contributed by atoms with Crippen LogP contribution in [0.2, 0.25) is 0 Å². The Morgan fingerprint density at radius 3 is 2.61 bits per heavy atom. The van der Waals surface area contributed by atoms with E-state index in [4.69, 9.17) is 14.5 Å². The van der Waals surface area contributed by atoms with Crippen molar-refractivity contribution in [2.24, 2.45) is 0 Å². The molecule has 8 rings (SSSR count). The summed E-state index contributed by atoms with van der Waals surface area (Å²) in [6, 6.07) is 15.5. The molecule has 0 spiro atoms. The minimum Gasteiger partial charge on any atom is -0.382 e. The summed E-state index contributed by atoms with van der Waals surface area (Å²) < 4.78 is 13.0. The third-order valence-electron chi connectivity index (χ3n) is 11.3. The van der Waals surface area contributed by atoms with Crippen LogP contribution in [-0.2, 0) is 36.9 Å². The number of benzene rings is 3. The number of hydrogen-bond acceptors (Lipinski definition) is 12. The fourth-order valence-electron chi connectivity index (χ4n) is 8.04. The van der Waals surface area contributed by atoms with Crippen molar-refractivity contribution in [3.63, 3.8) is 0 Å². The third kappa shape index (κ3) is 9.30. The smallest absolute Gasteiger partial charge is 0.264 e. The van der Waals surface area contributed by atoms with Crippen LogP contribution in [-0.4, -0.2) is 123 Å². The van der Waals surface area contributed by atoms with Gasteiger partial charge >= 0.3 is 0 Å². The number of carbonyl (C=O) groups is 6. The maximum atomic E-state index is 13.2. The number of nitrogens with one attached hydrogen (secondary N) is 5. The SMILES string of the molecule is C[C@H]1CCCN1Cc1nc2ccc(NC(=O)c3ccc4c(cnn4CCNC(=O)CCOCCOCCNc4cccc5c4C(=O)N(C4CCC(=O)NC4=O)C5=O)c3)cc2[nH]1. The molecule has 0 radical (unpaired) electrons. The normalized spacial score (nSPS) is 18.0. The van der Waals surface area contributed by atoms with Gasteiger partial charge in [0, 0.05) is 54.3 Å². The number of piperidine rings is 1. The van der Waals surface area contributed by atoms with E-state index in [9.17, 15) is 28.8 Å². The van der Waals surface area contributed by atoms with Crippen LogP contribution in [0, 0.1) is 0 Å². The van der Waals surface area contributed by atoms with Gasteiger partial charge in [0.25, 0.3) is 17.7 Å². The second kappa shape index (κ2) is 18.4. The number of imide groups is 2. The standard InChI is InChI=1S/C43H48N10O8/c1-26-4-3-16-51(26)25-36-48-31-9-8-29(23-33(31)49-36)47-40(56)27-7-10-34-28(22-27)24-46-52(34)17-14-45-37(54)13-18-60-20-21-61-19-15-44-32-6-2-5-30-39(32)43(59)53(42(30)58)35-11-12-38(55)50-41(35)57/h2,5-10,22-24,26,35,44H,3-4,11-21,25H2,1H3,(H,45,54)(H,47,56)(H,48,49)(H,50,55,57)/t26-,35?/m0/s1. The molecule has 2 saturated heterocycles. The molecule has 5 N–H and O–H groups in total. The van der Waals surface area contributed by atoms with Crippen LogP contribution in [0.5, 0.6) is 0 Å². The summed E-state index contributed by atoms with van der Waals surface area (Å²) in [5.74, 6) is -1.71. The number of aromatic nitrogens is 4. The van der Waals surface area contributed by atoms with Gasteiger partial charge < -0.3 is 30.4 Å². The van der Waals surface area contributed by atoms with E-state index >= 15 is 0 Å². The predicted molar refractivity (Wildman–Crippen MR) is 224 cm³/mol. The Bertz CT molecular complexity index is 2500. The molecule has 18 heteroatoms. The van der Waals surface area contributed by atoms with Crippen LogP contribution in [0.15, 0.2) is 60.8 Å². The maximum Gasteiger partial charge on any atom is 0.264 e. The number of aromatic amines is 1. The second-order valence-corrected chi connectivity index (χ2v) is 15.4. The molecule has 5 heterocycles. The highest BCUT2D eigenvalue weighted by Gasteiger charge is 2.45. The second-order valence-electron chi connectivity index (χ2n) is 15.4. The van der Waals surface area contributed by atoms with Crippen LogP contribution in [0.4, 0.5) is 11.4 Å². The molecule has 0 aliphatic carbocycles. The average molecular weight is 833 g/mol. The highest BCUT2D eigenvalue weighted by molar-refractivity contribution is 6.25. The van der Waals surface area contributed by atoms with Crippen molar-refractivity contribution in [3.8, 4) is 0 Å². The number of amides is 6. The van der Waals surface area contributed by atoms with E-state index in [2.05, 4.69) is 43.2 Å². The number of nitrogens with zero attached hydrogens (tertiary/aromatic N) is 5. The molecule has 2 aromatic heterocycles. The van der Waals surface area contributed by atoms with Crippen LogP contribution in [0.25, 0.3) is 21.9 Å². The number of ether oxygens (including phenoxy) is 2. The number of rotatable bonds is 18. The minimum absolute atomic E-state index is 0.0490. The lowest BCUT2D eigenvalue weighted by Crippen LogP contribution is -2.54. The lowest BCUT2D eigenvalue weighted by atomic mass is 10.0. The summed E-state index contributed by atoms with van der Waals surface area (Å²) in [4.78, 5) is 87.3. The Hall–Kier alpha value is -6.50. The number of fused-ring (bicyclic) bond motifs is 3. The van der Waals surface area contributed by atoms with Crippen molar-refractivity contribution < 1.29 is 38.2 Å². The van der Waals surface area contributed by atoms with E-state index in [0.29, 0.717) is 42.6 Å². The van der Waals surface area contributed by atoms with Crippen molar-refractivity contribution in [2.45, 2.75) is 64.2 Å². The van der Waals surface area contributed by atoms with Crippen molar-refractivity contribution in [1.82, 2.24) is 40.2 Å². The molecular weight excluding hydrogens is 785 g/mol. The zero-order chi connectivity index (χ0) is 42.5. The first-order chi connectivity index (χ1) is 29.6. The average Bonchev–Trinajstić information content (AvgIpc) is 4.02. The van der Waals surface area contributed by atoms with Gasteiger partial charge in [-0.15, -0.1) is 0 Å². The van der Waals surface area contributed by atoms with Crippen molar-refractivity contribution in [3.05, 3.63) is 83.3 Å². The number of hydrogen-bond donors (Lipinski definition) is 5. The largest absolute Gasteiger partial charge is 0.382 e. The van der Waals surface area contributed by atoms with E-state index in [1.54, 1.807) is 35.1 Å². The molecule has 2 fully saturated rings. The summed E-state index contributed by atoms with van der Waals surface area (Å²) in [6.07, 6.45) is 4.43. The summed E-state index contributed by atoms with van der Waals surface area (Å²) in [5.41, 5.74) is 4.59. The van der Waals surface area contributed by atoms with Gasteiger partial charge in [-0.25, -0.2) is 4.98 Å². The monoisotopic (exact) mass is 832 g/mol. The fourth-order valence-corrected chi connectivity index (χ4v) is 8.04. The van der Waals surface area contributed by atoms with Crippen LogP contribution < -0.4 is 21.3 Å². The van der Waals surface area contributed by atoms with Crippen LogP contribution in [0.1, 0.15) is 75.9 Å². The van der Waals surface area contributed by atoms with Gasteiger partial charge in [-0.2, -0.15) is 5.10 Å². The lowest BCUT2D eigenvalue weighted by Gasteiger charge is -2.27. The Labute approximate surface area is 350 Å². The number of H-pyrrole nitrogens is 1. The summed E-state index contributed by atoms with van der Waals surface area (Å²) in [6.45, 7) is 6.32. The number of carbonyl (C=O) groups excluding carboxylic acids is 6. The zero-order valence-corrected chi connectivity index (χ0v) is 33.8. The molecule has 61 heavy (non-hydrogen) atoms. The van der Waals surface area contributed by atoms with E-state index in [-0.39, 0.29) is 68.6 Å². The molecule has 0 bridgehead atoms. The molecule has 1 unspecified atom stereocenters. The van der Waals surface area contributed by atoms with Gasteiger partial charge in [-0.1, -0.05) is 6.07 Å². The van der Waals surface area contributed by atoms with Crippen LogP contribution in [0.3, 0.4) is 0 Å². The minimum atomic E-state index is -1.03. The zero-order valence-electron chi connectivity index (χ0n) is 33.8. The molecule has 3 aromatic carbocycles. The van der Waals surface area contributed by atoms with E-state index < -0.39 is 29.7 Å². The van der Waals surface area contributed by atoms with Gasteiger partial charge in [-0.05, 0) is 81.3 Å². The maximum absolute atomic E-state index is 13.2. The third-order valence-corrected chi connectivity index (χ3v) is 11.3. The number of likely N-dealkylation sites (tertiary alicyclic amines) is 1. The Morgan fingerprint density at radius 1 is 0.934 bits per heavy atom. The predicted octanol–water partition coefficient (Wildman–Crippen LogP) is 3.20. The quantitative estimate of drug-likeness (QED) is 0.0635. The van der Waals surface area contributed by atoms with Gasteiger partial charge in [0.1, 0.15) is 11.9 Å². The van der Waals surface area contributed by atoms with Gasteiger partial charge in [0.15, 0.2) is 0 Å². The van der Waals surface area contributed by atoms with Crippen LogP contribution >= 0.6 is 0 Å². The van der Waals surface area contributed by atoms with Crippen molar-refractivity contribution >= 4 is 68.8 Å². The topological polar surface area (TPSA) is 222 Å². The lowest BCUT2D eigenvalue weighted by molar-refractivity contribution is -0.136. The van der Waals surface area contributed by atoms with Gasteiger partial charge in [0.2, 0.25) is 17.7 Å². The molecule has 3 aliphatic rings. The van der Waals surface area contributed by atoms with E-state index in [1.807, 2.05) is 24.3 Å².